The van der Waals surface area contributed by atoms with Crippen molar-refractivity contribution in [3.63, 3.8) is 0 Å². The van der Waals surface area contributed by atoms with E-state index in [1.165, 1.54) is 36.4 Å². The second-order valence-corrected chi connectivity index (χ2v) is 12.4. The van der Waals surface area contributed by atoms with Crippen LogP contribution >= 0.6 is 0 Å². The Morgan fingerprint density at radius 2 is 1.60 bits per heavy atom. The van der Waals surface area contributed by atoms with Crippen molar-refractivity contribution >= 4 is 27.6 Å². The van der Waals surface area contributed by atoms with Crippen LogP contribution in [0.25, 0.3) is 11.1 Å². The number of ether oxygens (including phenoxy) is 1. The molecule has 0 radical (unpaired) electrons. The molecular weight excluding hydrogens is 605 g/mol. The first kappa shape index (κ1) is 31.8. The molecule has 1 N–H and O–H groups in total. The summed E-state index contributed by atoms with van der Waals surface area (Å²) in [6.07, 6.45) is -3.62. The number of carbonyl (C=O) groups is 2. The van der Waals surface area contributed by atoms with Crippen LogP contribution in [0.1, 0.15) is 35.6 Å². The van der Waals surface area contributed by atoms with E-state index >= 15 is 0 Å². The van der Waals surface area contributed by atoms with Crippen LogP contribution in [-0.2, 0) is 49.9 Å². The summed E-state index contributed by atoms with van der Waals surface area (Å²) in [4.78, 5) is 25.2. The van der Waals surface area contributed by atoms with Gasteiger partial charge in [0.25, 0.3) is 10.0 Å². The van der Waals surface area contributed by atoms with Crippen LogP contribution in [0.4, 0.5) is 18.9 Å². The van der Waals surface area contributed by atoms with Gasteiger partial charge in [-0.2, -0.15) is 13.2 Å². The first-order valence-corrected chi connectivity index (χ1v) is 15.8. The average molecular weight is 637 g/mol. The van der Waals surface area contributed by atoms with Crippen LogP contribution in [0, 0.1) is 0 Å². The van der Waals surface area contributed by atoms with E-state index in [9.17, 15) is 31.2 Å². The molecule has 0 aromatic heterocycles. The largest absolute Gasteiger partial charge is 0.466 e. The molecule has 11 heteroatoms. The van der Waals surface area contributed by atoms with Gasteiger partial charge in [-0.05, 0) is 71.5 Å². The predicted molar refractivity (Wildman–Crippen MR) is 164 cm³/mol. The molecule has 4 aromatic carbocycles. The summed E-state index contributed by atoms with van der Waals surface area (Å²) < 4.78 is 73.7. The lowest BCUT2D eigenvalue weighted by Gasteiger charge is -2.26. The molecule has 1 amide bonds. The first-order valence-electron chi connectivity index (χ1n) is 14.4. The minimum atomic E-state index is -4.51. The van der Waals surface area contributed by atoms with E-state index in [0.717, 1.165) is 27.6 Å². The second kappa shape index (κ2) is 13.2. The van der Waals surface area contributed by atoms with Crippen molar-refractivity contribution in [3.8, 4) is 11.1 Å². The van der Waals surface area contributed by atoms with Crippen molar-refractivity contribution in [3.05, 3.63) is 119 Å². The number of sulfonamides is 1. The molecule has 7 nitrogen and oxygen atoms in total. The summed E-state index contributed by atoms with van der Waals surface area (Å²) in [5.41, 5.74) is 2.69. The van der Waals surface area contributed by atoms with Crippen molar-refractivity contribution in [2.24, 2.45) is 0 Å². The maximum atomic E-state index is 14.0. The number of fused-ring (bicyclic) bond motifs is 1. The second-order valence-electron chi connectivity index (χ2n) is 10.6. The Labute approximate surface area is 259 Å². The number of esters is 1. The molecule has 0 spiro atoms. The van der Waals surface area contributed by atoms with Gasteiger partial charge < -0.3 is 10.1 Å². The standard InChI is InChI=1S/C34H31F3N2O5S/c1-2-44-32(40)18-13-23-7-5-8-24(19-23)22-38-33(41)31-21-27-9-3-4-12-30(27)39(31)45(42,43)29-16-14-25(15-17-29)26-10-6-11-28(20-26)34(35,36)37/h3-12,14-17,19-20,31H,2,13,18,21-22H2,1H3,(H,38,41)/t31-/m0/s1. The van der Waals surface area contributed by atoms with Gasteiger partial charge in [0.1, 0.15) is 6.04 Å². The molecule has 0 bridgehead atoms. The zero-order valence-electron chi connectivity index (χ0n) is 24.4. The molecule has 1 heterocycles. The van der Waals surface area contributed by atoms with Crippen molar-refractivity contribution in [1.82, 2.24) is 5.32 Å². The number of nitrogens with zero attached hydrogens (tertiary/aromatic N) is 1. The molecule has 234 valence electrons. The molecule has 1 aliphatic rings. The molecule has 1 aliphatic heterocycles. The van der Waals surface area contributed by atoms with Gasteiger partial charge in [-0.1, -0.05) is 66.7 Å². The van der Waals surface area contributed by atoms with Crippen molar-refractivity contribution in [2.75, 3.05) is 10.9 Å². The number of alkyl halides is 3. The Balaban J connectivity index is 1.35. The monoisotopic (exact) mass is 636 g/mol. The number of nitrogens with one attached hydrogen (secondary N) is 1. The number of aryl methyl sites for hydroxylation is 1. The Morgan fingerprint density at radius 1 is 0.889 bits per heavy atom. The molecule has 0 saturated heterocycles. The highest BCUT2D eigenvalue weighted by molar-refractivity contribution is 7.93. The molecule has 0 fully saturated rings. The van der Waals surface area contributed by atoms with Gasteiger partial charge in [0.15, 0.2) is 0 Å². The minimum Gasteiger partial charge on any atom is -0.466 e. The van der Waals surface area contributed by atoms with Gasteiger partial charge in [-0.3, -0.25) is 13.9 Å². The highest BCUT2D eigenvalue weighted by Crippen LogP contribution is 2.38. The number of halogens is 3. The molecule has 0 unspecified atom stereocenters. The summed E-state index contributed by atoms with van der Waals surface area (Å²) in [6.45, 7) is 2.21. The summed E-state index contributed by atoms with van der Waals surface area (Å²) >= 11 is 0. The van der Waals surface area contributed by atoms with Crippen molar-refractivity contribution in [1.29, 1.82) is 0 Å². The lowest BCUT2D eigenvalue weighted by atomic mass is 10.0. The summed E-state index contributed by atoms with van der Waals surface area (Å²) in [5, 5.41) is 2.86. The number of hydrogen-bond donors (Lipinski definition) is 1. The van der Waals surface area contributed by atoms with Gasteiger partial charge in [0.2, 0.25) is 5.91 Å². The highest BCUT2D eigenvalue weighted by atomic mass is 32.2. The number of carbonyl (C=O) groups excluding carboxylic acids is 2. The molecule has 0 saturated carbocycles. The van der Waals surface area contributed by atoms with E-state index in [2.05, 4.69) is 5.32 Å². The van der Waals surface area contributed by atoms with Crippen LogP contribution in [-0.4, -0.2) is 32.9 Å². The van der Waals surface area contributed by atoms with E-state index in [1.807, 2.05) is 24.3 Å². The maximum absolute atomic E-state index is 14.0. The molecule has 5 rings (SSSR count). The lowest BCUT2D eigenvalue weighted by Crippen LogP contribution is -2.47. The maximum Gasteiger partial charge on any atom is 0.416 e. The van der Waals surface area contributed by atoms with Crippen molar-refractivity contribution < 1.29 is 35.9 Å². The zero-order valence-corrected chi connectivity index (χ0v) is 25.2. The number of hydrogen-bond acceptors (Lipinski definition) is 5. The van der Waals surface area contributed by atoms with Gasteiger partial charge in [0.05, 0.1) is 22.8 Å². The van der Waals surface area contributed by atoms with Gasteiger partial charge in [0, 0.05) is 19.4 Å². The SMILES string of the molecule is CCOC(=O)CCc1cccc(CNC(=O)[C@@H]2Cc3ccccc3N2S(=O)(=O)c2ccc(-c3cccc(C(F)(F)F)c3)cc2)c1. The minimum absolute atomic E-state index is 0.0953. The van der Waals surface area contributed by atoms with Gasteiger partial charge >= 0.3 is 12.1 Å². The Bertz CT molecular complexity index is 1810. The fourth-order valence-electron chi connectivity index (χ4n) is 5.34. The Kier molecular flexibility index (Phi) is 9.29. The fourth-order valence-corrected chi connectivity index (χ4v) is 6.99. The third-order valence-electron chi connectivity index (χ3n) is 7.54. The smallest absolute Gasteiger partial charge is 0.416 e. The van der Waals surface area contributed by atoms with E-state index < -0.39 is 33.7 Å². The van der Waals surface area contributed by atoms with E-state index in [0.29, 0.717) is 35.4 Å². The molecule has 45 heavy (non-hydrogen) atoms. The summed E-state index contributed by atoms with van der Waals surface area (Å²) in [7, 11) is -4.24. The number of rotatable bonds is 10. The fraction of sp³-hybridized carbons (Fsp3) is 0.235. The highest BCUT2D eigenvalue weighted by Gasteiger charge is 2.42. The van der Waals surface area contributed by atoms with E-state index in [-0.39, 0.29) is 30.3 Å². The Morgan fingerprint density at radius 3 is 2.33 bits per heavy atom. The van der Waals surface area contributed by atoms with Gasteiger partial charge in [-0.25, -0.2) is 8.42 Å². The summed E-state index contributed by atoms with van der Waals surface area (Å²) in [6, 6.07) is 23.6. The number of benzene rings is 4. The third-order valence-corrected chi connectivity index (χ3v) is 9.38. The van der Waals surface area contributed by atoms with Crippen LogP contribution in [0.2, 0.25) is 0 Å². The Hall–Kier alpha value is -4.64. The molecular formula is C34H31F3N2O5S. The van der Waals surface area contributed by atoms with Crippen LogP contribution in [0.5, 0.6) is 0 Å². The van der Waals surface area contributed by atoms with Crippen LogP contribution < -0.4 is 9.62 Å². The quantitative estimate of drug-likeness (QED) is 0.206. The lowest BCUT2D eigenvalue weighted by molar-refractivity contribution is -0.143. The third kappa shape index (κ3) is 7.20. The number of para-hydroxylation sites is 1. The zero-order chi connectivity index (χ0) is 32.2. The number of anilines is 1. The van der Waals surface area contributed by atoms with Gasteiger partial charge in [-0.15, -0.1) is 0 Å². The predicted octanol–water partition coefficient (Wildman–Crippen LogP) is 6.30. The van der Waals surface area contributed by atoms with Crippen LogP contribution in [0.15, 0.2) is 102 Å². The molecule has 4 aromatic rings. The topological polar surface area (TPSA) is 92.8 Å². The van der Waals surface area contributed by atoms with E-state index in [4.69, 9.17) is 4.74 Å². The number of amides is 1. The molecule has 1 atom stereocenters. The van der Waals surface area contributed by atoms with Crippen LogP contribution in [0.3, 0.4) is 0 Å². The summed E-state index contributed by atoms with van der Waals surface area (Å²) in [5.74, 6) is -0.768. The first-order chi connectivity index (χ1) is 21.5. The van der Waals surface area contributed by atoms with Crippen molar-refractivity contribution in [2.45, 2.75) is 49.8 Å². The van der Waals surface area contributed by atoms with E-state index in [1.54, 1.807) is 31.2 Å². The average Bonchev–Trinajstić information content (AvgIpc) is 3.44. The molecule has 0 aliphatic carbocycles. The normalized spacial score (nSPS) is 14.6.